The summed E-state index contributed by atoms with van der Waals surface area (Å²) in [7, 11) is -4.11. The molecule has 3 N–H and O–H groups in total. The van der Waals surface area contributed by atoms with Gasteiger partial charge < -0.3 is 15.2 Å². The van der Waals surface area contributed by atoms with Crippen molar-refractivity contribution >= 4 is 49.2 Å². The van der Waals surface area contributed by atoms with E-state index in [0.717, 1.165) is 0 Å². The highest BCUT2D eigenvalue weighted by molar-refractivity contribution is 9.10. The number of rotatable bonds is 8. The maximum Gasteiger partial charge on any atom is 0.337 e. The van der Waals surface area contributed by atoms with Crippen molar-refractivity contribution < 1.29 is 27.9 Å². The number of ether oxygens (including phenoxy) is 1. The molecule has 0 aliphatic heterocycles. The second kappa shape index (κ2) is 10.6. The van der Waals surface area contributed by atoms with Crippen LogP contribution in [0.2, 0.25) is 0 Å². The summed E-state index contributed by atoms with van der Waals surface area (Å²) in [6.07, 6.45) is 0. The van der Waals surface area contributed by atoms with Gasteiger partial charge in [-0.15, -0.1) is 0 Å². The Labute approximate surface area is 215 Å². The Morgan fingerprint density at radius 1 is 0.806 bits per heavy atom. The molecular formula is C26H19BrN2O6S. The van der Waals surface area contributed by atoms with Crippen LogP contribution < -0.4 is 14.8 Å². The minimum Gasteiger partial charge on any atom is -0.478 e. The maximum atomic E-state index is 13.2. The molecule has 0 unspecified atom stereocenters. The predicted octanol–water partition coefficient (Wildman–Crippen LogP) is 5.99. The van der Waals surface area contributed by atoms with Gasteiger partial charge in [-0.1, -0.05) is 36.4 Å². The molecule has 0 saturated heterocycles. The SMILES string of the molecule is O=C(Nc1ccccc1C(=O)O)c1ccc(Br)c(S(=O)(=O)Nc2cccc(Oc3ccccc3)c2)c1. The number of benzene rings is 4. The molecule has 10 heteroatoms. The average molecular weight is 567 g/mol. The van der Waals surface area contributed by atoms with Crippen LogP contribution in [0.15, 0.2) is 106 Å². The van der Waals surface area contributed by atoms with Gasteiger partial charge in [0.25, 0.3) is 15.9 Å². The Kier molecular flexibility index (Phi) is 7.37. The van der Waals surface area contributed by atoms with Crippen molar-refractivity contribution in [2.24, 2.45) is 0 Å². The number of carboxylic acids is 1. The van der Waals surface area contributed by atoms with E-state index in [1.165, 1.54) is 42.5 Å². The molecule has 0 heterocycles. The van der Waals surface area contributed by atoms with Gasteiger partial charge in [0.2, 0.25) is 0 Å². The van der Waals surface area contributed by atoms with E-state index in [-0.39, 0.29) is 31.9 Å². The van der Waals surface area contributed by atoms with Crippen molar-refractivity contribution in [1.82, 2.24) is 0 Å². The Hall–Kier alpha value is -4.15. The summed E-state index contributed by atoms with van der Waals surface area (Å²) < 4.78 is 34.9. The zero-order valence-electron chi connectivity index (χ0n) is 18.5. The molecule has 0 spiro atoms. The molecule has 0 atom stereocenters. The fourth-order valence-electron chi connectivity index (χ4n) is 3.28. The highest BCUT2D eigenvalue weighted by atomic mass is 79.9. The first kappa shape index (κ1) is 25.0. The molecule has 0 aromatic heterocycles. The van der Waals surface area contributed by atoms with Crippen LogP contribution in [0.3, 0.4) is 0 Å². The first-order valence-corrected chi connectivity index (χ1v) is 12.8. The highest BCUT2D eigenvalue weighted by Crippen LogP contribution is 2.29. The second-order valence-electron chi connectivity index (χ2n) is 7.50. The number of carbonyl (C=O) groups is 2. The van der Waals surface area contributed by atoms with Crippen LogP contribution in [0.1, 0.15) is 20.7 Å². The van der Waals surface area contributed by atoms with Crippen LogP contribution in [0.25, 0.3) is 0 Å². The Morgan fingerprint density at radius 2 is 1.50 bits per heavy atom. The van der Waals surface area contributed by atoms with E-state index in [0.29, 0.717) is 11.5 Å². The third kappa shape index (κ3) is 5.91. The summed E-state index contributed by atoms with van der Waals surface area (Å²) in [4.78, 5) is 24.1. The van der Waals surface area contributed by atoms with Gasteiger partial charge in [-0.25, -0.2) is 13.2 Å². The number of amides is 1. The first-order valence-electron chi connectivity index (χ1n) is 10.5. The number of para-hydroxylation sites is 2. The molecule has 0 fully saturated rings. The average Bonchev–Trinajstić information content (AvgIpc) is 2.85. The summed E-state index contributed by atoms with van der Waals surface area (Å²) in [5.41, 5.74) is 0.297. The number of halogens is 1. The Balaban J connectivity index is 1.57. The smallest absolute Gasteiger partial charge is 0.337 e. The summed E-state index contributed by atoms with van der Waals surface area (Å²) in [5, 5.41) is 11.8. The summed E-state index contributed by atoms with van der Waals surface area (Å²) in [6.45, 7) is 0. The largest absolute Gasteiger partial charge is 0.478 e. The molecule has 8 nitrogen and oxygen atoms in total. The molecule has 0 saturated carbocycles. The Morgan fingerprint density at radius 3 is 2.25 bits per heavy atom. The molecule has 4 rings (SSSR count). The quantitative estimate of drug-likeness (QED) is 0.240. The van der Waals surface area contributed by atoms with Gasteiger partial charge >= 0.3 is 5.97 Å². The number of aromatic carboxylic acids is 1. The highest BCUT2D eigenvalue weighted by Gasteiger charge is 2.21. The van der Waals surface area contributed by atoms with Gasteiger partial charge in [0.15, 0.2) is 0 Å². The fraction of sp³-hybridized carbons (Fsp3) is 0. The normalized spacial score (nSPS) is 10.9. The summed E-state index contributed by atoms with van der Waals surface area (Å²) in [5.74, 6) is -0.826. The summed E-state index contributed by atoms with van der Waals surface area (Å²) >= 11 is 3.23. The van der Waals surface area contributed by atoms with E-state index in [2.05, 4.69) is 26.0 Å². The second-order valence-corrected chi connectivity index (χ2v) is 10.0. The van der Waals surface area contributed by atoms with Crippen molar-refractivity contribution in [2.75, 3.05) is 10.0 Å². The molecule has 0 radical (unpaired) electrons. The number of hydrogen-bond donors (Lipinski definition) is 3. The number of nitrogens with one attached hydrogen (secondary N) is 2. The van der Waals surface area contributed by atoms with Crippen LogP contribution >= 0.6 is 15.9 Å². The molecule has 4 aromatic carbocycles. The minimum atomic E-state index is -4.11. The van der Waals surface area contributed by atoms with E-state index in [1.807, 2.05) is 18.2 Å². The third-order valence-corrected chi connectivity index (χ3v) is 7.33. The van der Waals surface area contributed by atoms with Crippen molar-refractivity contribution in [3.63, 3.8) is 0 Å². The van der Waals surface area contributed by atoms with Crippen LogP contribution in [-0.4, -0.2) is 25.4 Å². The lowest BCUT2D eigenvalue weighted by Gasteiger charge is -2.13. The zero-order valence-corrected chi connectivity index (χ0v) is 20.9. The van der Waals surface area contributed by atoms with E-state index in [1.54, 1.807) is 36.4 Å². The molecular weight excluding hydrogens is 548 g/mol. The van der Waals surface area contributed by atoms with Crippen LogP contribution in [0.5, 0.6) is 11.5 Å². The zero-order chi connectivity index (χ0) is 25.7. The van der Waals surface area contributed by atoms with Gasteiger partial charge in [-0.2, -0.15) is 0 Å². The molecule has 4 aromatic rings. The monoisotopic (exact) mass is 566 g/mol. The van der Waals surface area contributed by atoms with Crippen LogP contribution in [-0.2, 0) is 10.0 Å². The molecule has 36 heavy (non-hydrogen) atoms. The molecule has 0 aliphatic rings. The minimum absolute atomic E-state index is 0.0277. The van der Waals surface area contributed by atoms with E-state index >= 15 is 0 Å². The third-order valence-electron chi connectivity index (χ3n) is 4.95. The maximum absolute atomic E-state index is 13.2. The number of hydrogen-bond acceptors (Lipinski definition) is 5. The van der Waals surface area contributed by atoms with Crippen LogP contribution in [0.4, 0.5) is 11.4 Å². The van der Waals surface area contributed by atoms with Crippen molar-refractivity contribution in [3.8, 4) is 11.5 Å². The number of sulfonamides is 1. The van der Waals surface area contributed by atoms with Gasteiger partial charge in [0, 0.05) is 16.1 Å². The van der Waals surface area contributed by atoms with Gasteiger partial charge in [-0.05, 0) is 70.5 Å². The van der Waals surface area contributed by atoms with Crippen molar-refractivity contribution in [1.29, 1.82) is 0 Å². The van der Waals surface area contributed by atoms with Gasteiger partial charge in [0.05, 0.1) is 16.9 Å². The Bertz CT molecular complexity index is 1540. The van der Waals surface area contributed by atoms with E-state index in [9.17, 15) is 23.1 Å². The van der Waals surface area contributed by atoms with E-state index < -0.39 is 21.9 Å². The molecule has 0 bridgehead atoms. The lowest BCUT2D eigenvalue weighted by molar-refractivity contribution is 0.0698. The number of carboxylic acid groups (broad SMARTS) is 1. The van der Waals surface area contributed by atoms with Crippen molar-refractivity contribution in [2.45, 2.75) is 4.90 Å². The first-order chi connectivity index (χ1) is 17.2. The number of anilines is 2. The van der Waals surface area contributed by atoms with Gasteiger partial charge in [0.1, 0.15) is 16.4 Å². The van der Waals surface area contributed by atoms with Crippen LogP contribution in [0, 0.1) is 0 Å². The van der Waals surface area contributed by atoms with E-state index in [4.69, 9.17) is 4.74 Å². The number of carbonyl (C=O) groups excluding carboxylic acids is 1. The van der Waals surface area contributed by atoms with Gasteiger partial charge in [-0.3, -0.25) is 9.52 Å². The molecule has 0 aliphatic carbocycles. The molecule has 182 valence electrons. The standard InChI is InChI=1S/C26H19BrN2O6S/c27-22-14-13-17(25(30)28-23-12-5-4-11-21(23)26(31)32)15-24(22)36(33,34)29-18-7-6-10-20(16-18)35-19-8-2-1-3-9-19/h1-16,29H,(H,28,30)(H,31,32). The summed E-state index contributed by atoms with van der Waals surface area (Å²) in [6, 6.07) is 25.5. The topological polar surface area (TPSA) is 122 Å². The predicted molar refractivity (Wildman–Crippen MR) is 139 cm³/mol. The lowest BCUT2D eigenvalue weighted by atomic mass is 10.1. The fourth-order valence-corrected chi connectivity index (χ4v) is 5.32. The lowest BCUT2D eigenvalue weighted by Crippen LogP contribution is -2.17. The van der Waals surface area contributed by atoms with Crippen molar-refractivity contribution in [3.05, 3.63) is 113 Å². The molecule has 1 amide bonds.